The molecule has 21 heavy (non-hydrogen) atoms. The molecule has 1 saturated carbocycles. The molecule has 1 unspecified atom stereocenters. The number of hydrogen-bond donors (Lipinski definition) is 1. The number of rotatable bonds is 6. The molecule has 0 heterocycles. The highest BCUT2D eigenvalue weighted by Gasteiger charge is 2.17. The molecule has 2 heteroatoms. The lowest BCUT2D eigenvalue weighted by molar-refractivity contribution is 0.0270. The van der Waals surface area contributed by atoms with Crippen LogP contribution in [-0.2, 0) is 17.6 Å². The largest absolute Gasteiger partial charge is 0.378 e. The second kappa shape index (κ2) is 7.95. The van der Waals surface area contributed by atoms with E-state index < -0.39 is 0 Å². The Balaban J connectivity index is 1.30. The van der Waals surface area contributed by atoms with Crippen molar-refractivity contribution in [2.75, 3.05) is 13.2 Å². The van der Waals surface area contributed by atoms with Crippen molar-refractivity contribution in [3.8, 4) is 0 Å². The van der Waals surface area contributed by atoms with Gasteiger partial charge in [-0.15, -0.1) is 0 Å². The van der Waals surface area contributed by atoms with Crippen molar-refractivity contribution in [2.24, 2.45) is 0 Å². The summed E-state index contributed by atoms with van der Waals surface area (Å²) in [6.07, 6.45) is 12.1. The molecule has 0 aliphatic heterocycles. The highest BCUT2D eigenvalue weighted by Crippen LogP contribution is 2.21. The van der Waals surface area contributed by atoms with Crippen molar-refractivity contribution >= 4 is 0 Å². The molecule has 0 amide bonds. The summed E-state index contributed by atoms with van der Waals surface area (Å²) in [4.78, 5) is 0. The van der Waals surface area contributed by atoms with E-state index in [4.69, 9.17) is 4.74 Å². The molecule has 1 atom stereocenters. The lowest BCUT2D eigenvalue weighted by Crippen LogP contribution is -2.35. The molecule has 2 aliphatic rings. The smallest absolute Gasteiger partial charge is 0.0575 e. The molecule has 0 saturated heterocycles. The summed E-state index contributed by atoms with van der Waals surface area (Å²) < 4.78 is 5.99. The van der Waals surface area contributed by atoms with Gasteiger partial charge in [0.05, 0.1) is 6.10 Å². The van der Waals surface area contributed by atoms with Gasteiger partial charge in [0, 0.05) is 12.6 Å². The zero-order chi connectivity index (χ0) is 14.3. The summed E-state index contributed by atoms with van der Waals surface area (Å²) >= 11 is 0. The summed E-state index contributed by atoms with van der Waals surface area (Å²) in [5.74, 6) is 0. The van der Waals surface area contributed by atoms with Crippen molar-refractivity contribution in [1.29, 1.82) is 0 Å². The van der Waals surface area contributed by atoms with E-state index in [1.165, 1.54) is 51.4 Å². The normalized spacial score (nSPS) is 23.0. The van der Waals surface area contributed by atoms with Gasteiger partial charge in [0.25, 0.3) is 0 Å². The minimum Gasteiger partial charge on any atom is -0.378 e. The first-order valence-electron chi connectivity index (χ1n) is 8.83. The molecule has 3 rings (SSSR count). The van der Waals surface area contributed by atoms with Crippen LogP contribution in [0.25, 0.3) is 0 Å². The van der Waals surface area contributed by atoms with Crippen LogP contribution in [0.1, 0.15) is 56.1 Å². The fourth-order valence-corrected chi connectivity index (χ4v) is 3.73. The number of fused-ring (bicyclic) bond motifs is 1. The van der Waals surface area contributed by atoms with Crippen molar-refractivity contribution in [3.63, 3.8) is 0 Å². The number of nitrogens with one attached hydrogen (secondary N) is 1. The van der Waals surface area contributed by atoms with Gasteiger partial charge < -0.3 is 10.1 Å². The van der Waals surface area contributed by atoms with E-state index in [1.54, 1.807) is 11.1 Å². The Bertz CT molecular complexity index is 425. The maximum Gasteiger partial charge on any atom is 0.0575 e. The predicted molar refractivity (Wildman–Crippen MR) is 87.7 cm³/mol. The van der Waals surface area contributed by atoms with Crippen LogP contribution < -0.4 is 5.32 Å². The zero-order valence-electron chi connectivity index (χ0n) is 13.2. The van der Waals surface area contributed by atoms with Crippen molar-refractivity contribution in [1.82, 2.24) is 5.32 Å². The molecule has 116 valence electrons. The van der Waals surface area contributed by atoms with Gasteiger partial charge in [0.2, 0.25) is 0 Å². The third kappa shape index (κ3) is 4.55. The van der Waals surface area contributed by atoms with E-state index in [1.807, 2.05) is 0 Å². The average Bonchev–Trinajstić information content (AvgIpc) is 2.55. The fourth-order valence-electron chi connectivity index (χ4n) is 3.73. The first-order valence-corrected chi connectivity index (χ1v) is 8.83. The average molecular weight is 287 g/mol. The SMILES string of the molecule is c1ccc2c(c1)CCC(NCCCOC1CCCCC1)C2. The minimum atomic E-state index is 0.556. The molecule has 1 fully saturated rings. The quantitative estimate of drug-likeness (QED) is 0.802. The first kappa shape index (κ1) is 15.1. The topological polar surface area (TPSA) is 21.3 Å². The van der Waals surface area contributed by atoms with Crippen LogP contribution in [0.5, 0.6) is 0 Å². The van der Waals surface area contributed by atoms with E-state index in [0.717, 1.165) is 19.6 Å². The molecule has 1 N–H and O–H groups in total. The van der Waals surface area contributed by atoms with Gasteiger partial charge in [-0.25, -0.2) is 0 Å². The highest BCUT2D eigenvalue weighted by atomic mass is 16.5. The Morgan fingerprint density at radius 1 is 1.00 bits per heavy atom. The maximum atomic E-state index is 5.99. The standard InChI is InChI=1S/C19H29NO/c1-2-9-19(10-3-1)21-14-6-13-20-18-12-11-16-7-4-5-8-17(16)15-18/h4-5,7-8,18-20H,1-3,6,9-15H2. The number of benzene rings is 1. The van der Waals surface area contributed by atoms with Gasteiger partial charge in [-0.1, -0.05) is 43.5 Å². The molecule has 0 radical (unpaired) electrons. The molecular weight excluding hydrogens is 258 g/mol. The van der Waals surface area contributed by atoms with E-state index in [9.17, 15) is 0 Å². The van der Waals surface area contributed by atoms with Crippen LogP contribution in [0, 0.1) is 0 Å². The van der Waals surface area contributed by atoms with Crippen LogP contribution in [0.15, 0.2) is 24.3 Å². The molecule has 2 aliphatic carbocycles. The number of aryl methyl sites for hydroxylation is 1. The first-order chi connectivity index (χ1) is 10.4. The number of hydrogen-bond acceptors (Lipinski definition) is 2. The Morgan fingerprint density at radius 2 is 1.81 bits per heavy atom. The second-order valence-corrected chi connectivity index (χ2v) is 6.65. The van der Waals surface area contributed by atoms with Crippen molar-refractivity contribution < 1.29 is 4.74 Å². The van der Waals surface area contributed by atoms with Crippen LogP contribution >= 0.6 is 0 Å². The van der Waals surface area contributed by atoms with Crippen LogP contribution in [0.4, 0.5) is 0 Å². The van der Waals surface area contributed by atoms with E-state index >= 15 is 0 Å². The zero-order valence-corrected chi connectivity index (χ0v) is 13.2. The molecule has 0 bridgehead atoms. The summed E-state index contributed by atoms with van der Waals surface area (Å²) in [7, 11) is 0. The lowest BCUT2D eigenvalue weighted by atomic mass is 9.88. The van der Waals surface area contributed by atoms with E-state index in [2.05, 4.69) is 29.6 Å². The molecule has 2 nitrogen and oxygen atoms in total. The molecule has 0 spiro atoms. The minimum absolute atomic E-state index is 0.556. The Kier molecular flexibility index (Phi) is 5.70. The Hall–Kier alpha value is -0.860. The Labute approximate surface area is 129 Å². The molecule has 0 aromatic heterocycles. The number of ether oxygens (including phenoxy) is 1. The maximum absolute atomic E-state index is 5.99. The highest BCUT2D eigenvalue weighted by molar-refractivity contribution is 5.30. The summed E-state index contributed by atoms with van der Waals surface area (Å²) in [5.41, 5.74) is 3.09. The summed E-state index contributed by atoms with van der Waals surface area (Å²) in [6.45, 7) is 2.03. The van der Waals surface area contributed by atoms with Crippen molar-refractivity contribution in [2.45, 2.75) is 69.9 Å². The molecule has 1 aromatic carbocycles. The van der Waals surface area contributed by atoms with Gasteiger partial charge in [-0.05, 0) is 56.2 Å². The van der Waals surface area contributed by atoms with Crippen LogP contribution in [0.3, 0.4) is 0 Å². The van der Waals surface area contributed by atoms with Crippen molar-refractivity contribution in [3.05, 3.63) is 35.4 Å². The third-order valence-electron chi connectivity index (χ3n) is 5.01. The lowest BCUT2D eigenvalue weighted by Gasteiger charge is -2.26. The summed E-state index contributed by atoms with van der Waals surface area (Å²) in [6, 6.07) is 9.56. The fraction of sp³-hybridized carbons (Fsp3) is 0.684. The van der Waals surface area contributed by atoms with Gasteiger partial charge in [0.1, 0.15) is 0 Å². The van der Waals surface area contributed by atoms with Crippen LogP contribution in [0.2, 0.25) is 0 Å². The van der Waals surface area contributed by atoms with Gasteiger partial charge in [0.15, 0.2) is 0 Å². The van der Waals surface area contributed by atoms with Gasteiger partial charge in [-0.3, -0.25) is 0 Å². The second-order valence-electron chi connectivity index (χ2n) is 6.65. The predicted octanol–water partition coefficient (Wildman–Crippen LogP) is 3.87. The Morgan fingerprint density at radius 3 is 2.67 bits per heavy atom. The molecule has 1 aromatic rings. The monoisotopic (exact) mass is 287 g/mol. The van der Waals surface area contributed by atoms with Crippen LogP contribution in [-0.4, -0.2) is 25.3 Å². The molecular formula is C19H29NO. The third-order valence-corrected chi connectivity index (χ3v) is 5.01. The van der Waals surface area contributed by atoms with Gasteiger partial charge >= 0.3 is 0 Å². The van der Waals surface area contributed by atoms with E-state index in [-0.39, 0.29) is 0 Å². The summed E-state index contributed by atoms with van der Waals surface area (Å²) in [5, 5.41) is 3.72. The van der Waals surface area contributed by atoms with Gasteiger partial charge in [-0.2, -0.15) is 0 Å². The van der Waals surface area contributed by atoms with E-state index in [0.29, 0.717) is 12.1 Å².